The minimum atomic E-state index is 0.439. The SMILES string of the molecule is Nc1cccnc1Oc1cccc2ccccc12. The Morgan fingerprint density at radius 2 is 1.72 bits per heavy atom. The molecule has 0 bridgehead atoms. The summed E-state index contributed by atoms with van der Waals surface area (Å²) in [4.78, 5) is 4.13. The van der Waals surface area contributed by atoms with E-state index in [0.29, 0.717) is 11.6 Å². The van der Waals surface area contributed by atoms with E-state index in [4.69, 9.17) is 10.5 Å². The number of ether oxygens (including phenoxy) is 1. The number of nitrogen functional groups attached to an aromatic ring is 1. The molecule has 0 unspecified atom stereocenters. The minimum Gasteiger partial charge on any atom is -0.436 e. The van der Waals surface area contributed by atoms with E-state index in [9.17, 15) is 0 Å². The molecule has 0 saturated carbocycles. The lowest BCUT2D eigenvalue weighted by molar-refractivity contribution is 0.471. The van der Waals surface area contributed by atoms with Crippen LogP contribution in [0.5, 0.6) is 11.6 Å². The molecule has 2 aromatic carbocycles. The molecule has 1 aromatic heterocycles. The Kier molecular flexibility index (Phi) is 2.57. The first-order valence-corrected chi connectivity index (χ1v) is 5.71. The maximum Gasteiger partial charge on any atom is 0.242 e. The average molecular weight is 236 g/mol. The van der Waals surface area contributed by atoms with Crippen molar-refractivity contribution >= 4 is 16.5 Å². The highest BCUT2D eigenvalue weighted by molar-refractivity contribution is 5.88. The second-order valence-corrected chi connectivity index (χ2v) is 3.98. The molecule has 0 saturated heterocycles. The van der Waals surface area contributed by atoms with Gasteiger partial charge in [-0.05, 0) is 23.6 Å². The number of nitrogens with two attached hydrogens (primary N) is 1. The summed E-state index contributed by atoms with van der Waals surface area (Å²) in [6.07, 6.45) is 1.66. The van der Waals surface area contributed by atoms with Gasteiger partial charge in [-0.15, -0.1) is 0 Å². The van der Waals surface area contributed by atoms with Crippen LogP contribution in [0.1, 0.15) is 0 Å². The molecule has 0 amide bonds. The van der Waals surface area contributed by atoms with Crippen molar-refractivity contribution in [2.75, 3.05) is 5.73 Å². The lowest BCUT2D eigenvalue weighted by Crippen LogP contribution is -1.94. The fraction of sp³-hybridized carbons (Fsp3) is 0. The highest BCUT2D eigenvalue weighted by Crippen LogP contribution is 2.30. The van der Waals surface area contributed by atoms with Crippen molar-refractivity contribution < 1.29 is 4.74 Å². The van der Waals surface area contributed by atoms with Crippen molar-refractivity contribution in [3.8, 4) is 11.6 Å². The fourth-order valence-electron chi connectivity index (χ4n) is 1.88. The number of aromatic nitrogens is 1. The predicted molar refractivity (Wildman–Crippen MR) is 72.7 cm³/mol. The zero-order chi connectivity index (χ0) is 12.4. The Morgan fingerprint density at radius 1 is 0.889 bits per heavy atom. The minimum absolute atomic E-state index is 0.439. The molecule has 0 aliphatic heterocycles. The molecular weight excluding hydrogens is 224 g/mol. The van der Waals surface area contributed by atoms with Crippen LogP contribution < -0.4 is 10.5 Å². The molecule has 2 N–H and O–H groups in total. The standard InChI is InChI=1S/C15H12N2O/c16-13-8-4-10-17-15(13)18-14-9-3-6-11-5-1-2-7-12(11)14/h1-10H,16H2. The number of hydrogen-bond donors (Lipinski definition) is 1. The summed E-state index contributed by atoms with van der Waals surface area (Å²) in [5, 5.41) is 2.18. The van der Waals surface area contributed by atoms with Crippen molar-refractivity contribution in [1.82, 2.24) is 4.98 Å². The normalized spacial score (nSPS) is 10.4. The van der Waals surface area contributed by atoms with Crippen molar-refractivity contribution in [2.45, 2.75) is 0 Å². The topological polar surface area (TPSA) is 48.1 Å². The molecule has 18 heavy (non-hydrogen) atoms. The smallest absolute Gasteiger partial charge is 0.242 e. The van der Waals surface area contributed by atoms with E-state index in [0.717, 1.165) is 16.5 Å². The monoisotopic (exact) mass is 236 g/mol. The van der Waals surface area contributed by atoms with Gasteiger partial charge < -0.3 is 10.5 Å². The van der Waals surface area contributed by atoms with Gasteiger partial charge in [0.25, 0.3) is 0 Å². The molecule has 3 nitrogen and oxygen atoms in total. The predicted octanol–water partition coefficient (Wildman–Crippen LogP) is 3.61. The first kappa shape index (κ1) is 10.6. The van der Waals surface area contributed by atoms with Crippen molar-refractivity contribution in [1.29, 1.82) is 0 Å². The van der Waals surface area contributed by atoms with Gasteiger partial charge in [-0.2, -0.15) is 0 Å². The molecule has 3 heteroatoms. The second kappa shape index (κ2) is 4.37. The molecule has 0 aliphatic carbocycles. The summed E-state index contributed by atoms with van der Waals surface area (Å²) in [6.45, 7) is 0. The number of anilines is 1. The molecule has 0 fully saturated rings. The Morgan fingerprint density at radius 3 is 2.61 bits per heavy atom. The quantitative estimate of drug-likeness (QED) is 0.739. The van der Waals surface area contributed by atoms with Crippen LogP contribution in [0.3, 0.4) is 0 Å². The molecule has 88 valence electrons. The van der Waals surface area contributed by atoms with Gasteiger partial charge in [-0.1, -0.05) is 36.4 Å². The van der Waals surface area contributed by atoms with E-state index in [1.807, 2.05) is 42.5 Å². The van der Waals surface area contributed by atoms with Gasteiger partial charge >= 0.3 is 0 Å². The molecule has 0 aliphatic rings. The molecule has 0 spiro atoms. The van der Waals surface area contributed by atoms with Crippen molar-refractivity contribution in [3.63, 3.8) is 0 Å². The highest BCUT2D eigenvalue weighted by Gasteiger charge is 2.05. The number of hydrogen-bond acceptors (Lipinski definition) is 3. The molecule has 3 aromatic rings. The van der Waals surface area contributed by atoms with Crippen LogP contribution in [0.4, 0.5) is 5.69 Å². The van der Waals surface area contributed by atoms with E-state index < -0.39 is 0 Å². The second-order valence-electron chi connectivity index (χ2n) is 3.98. The van der Waals surface area contributed by atoms with Gasteiger partial charge in [-0.3, -0.25) is 0 Å². The first-order valence-electron chi connectivity index (χ1n) is 5.71. The number of rotatable bonds is 2. The number of benzene rings is 2. The highest BCUT2D eigenvalue weighted by atomic mass is 16.5. The van der Waals surface area contributed by atoms with Crippen LogP contribution in [-0.4, -0.2) is 4.98 Å². The number of nitrogens with zero attached hydrogens (tertiary/aromatic N) is 1. The van der Waals surface area contributed by atoms with Crippen molar-refractivity contribution in [3.05, 3.63) is 60.8 Å². The summed E-state index contributed by atoms with van der Waals surface area (Å²) in [6, 6.07) is 17.5. The summed E-state index contributed by atoms with van der Waals surface area (Å²) < 4.78 is 5.79. The zero-order valence-electron chi connectivity index (χ0n) is 9.71. The Balaban J connectivity index is 2.08. The lowest BCUT2D eigenvalue weighted by atomic mass is 10.1. The molecule has 3 rings (SSSR count). The Hall–Kier alpha value is -2.55. The third-order valence-corrected chi connectivity index (χ3v) is 2.76. The van der Waals surface area contributed by atoms with E-state index in [1.54, 1.807) is 18.3 Å². The third-order valence-electron chi connectivity index (χ3n) is 2.76. The van der Waals surface area contributed by atoms with Crippen LogP contribution in [0.15, 0.2) is 60.8 Å². The summed E-state index contributed by atoms with van der Waals surface area (Å²) >= 11 is 0. The van der Waals surface area contributed by atoms with Crippen molar-refractivity contribution in [2.24, 2.45) is 0 Å². The number of fused-ring (bicyclic) bond motifs is 1. The van der Waals surface area contributed by atoms with Crippen LogP contribution in [0, 0.1) is 0 Å². The first-order chi connectivity index (χ1) is 8.84. The molecule has 0 atom stereocenters. The van der Waals surface area contributed by atoms with Crippen LogP contribution >= 0.6 is 0 Å². The zero-order valence-corrected chi connectivity index (χ0v) is 9.71. The van der Waals surface area contributed by atoms with Crippen LogP contribution in [0.25, 0.3) is 10.8 Å². The Bertz CT molecular complexity index is 689. The lowest BCUT2D eigenvalue weighted by Gasteiger charge is -2.09. The van der Waals surface area contributed by atoms with E-state index in [-0.39, 0.29) is 0 Å². The van der Waals surface area contributed by atoms with Gasteiger partial charge in [0.2, 0.25) is 5.88 Å². The Labute approximate surface area is 105 Å². The maximum atomic E-state index is 5.82. The third kappa shape index (κ3) is 1.86. The van der Waals surface area contributed by atoms with Gasteiger partial charge in [0.1, 0.15) is 5.75 Å². The van der Waals surface area contributed by atoms with E-state index >= 15 is 0 Å². The van der Waals surface area contributed by atoms with E-state index in [1.165, 1.54) is 0 Å². The van der Waals surface area contributed by atoms with Crippen LogP contribution in [-0.2, 0) is 0 Å². The van der Waals surface area contributed by atoms with Gasteiger partial charge in [0.15, 0.2) is 0 Å². The van der Waals surface area contributed by atoms with Gasteiger partial charge in [-0.25, -0.2) is 4.98 Å². The van der Waals surface area contributed by atoms with E-state index in [2.05, 4.69) is 4.98 Å². The number of pyridine rings is 1. The van der Waals surface area contributed by atoms with Gasteiger partial charge in [0.05, 0.1) is 5.69 Å². The maximum absolute atomic E-state index is 5.82. The molecule has 0 radical (unpaired) electrons. The molecule has 1 heterocycles. The summed E-state index contributed by atoms with van der Waals surface area (Å²) in [7, 11) is 0. The summed E-state index contributed by atoms with van der Waals surface area (Å²) in [5.41, 5.74) is 6.36. The fourth-order valence-corrected chi connectivity index (χ4v) is 1.88. The summed E-state index contributed by atoms with van der Waals surface area (Å²) in [5.74, 6) is 1.20. The largest absolute Gasteiger partial charge is 0.436 e. The van der Waals surface area contributed by atoms with Crippen LogP contribution in [0.2, 0.25) is 0 Å². The van der Waals surface area contributed by atoms with Gasteiger partial charge in [0, 0.05) is 11.6 Å². The average Bonchev–Trinajstić information content (AvgIpc) is 2.42. The molecular formula is C15H12N2O.